The van der Waals surface area contributed by atoms with E-state index in [4.69, 9.17) is 9.47 Å². The highest BCUT2D eigenvalue weighted by Crippen LogP contribution is 2.35. The van der Waals surface area contributed by atoms with Gasteiger partial charge in [0.15, 0.2) is 5.78 Å². The van der Waals surface area contributed by atoms with E-state index in [9.17, 15) is 34.2 Å². The molecule has 29 nitrogen and oxygen atoms in total. The summed E-state index contributed by atoms with van der Waals surface area (Å²) in [6, 6.07) is 27.9. The first-order valence-electron chi connectivity index (χ1n) is 37.1. The van der Waals surface area contributed by atoms with Crippen molar-refractivity contribution in [3.05, 3.63) is 179 Å². The third kappa shape index (κ3) is 30.0. The van der Waals surface area contributed by atoms with Crippen LogP contribution in [0.3, 0.4) is 0 Å². The third-order valence-electron chi connectivity index (χ3n) is 20.8. The second kappa shape index (κ2) is 52.0. The molecule has 41 heteroatoms. The standard InChI is InChI=1S/C81H97N15O14.12H2S/c1-46(82-9)71(98)87-69(80(3,4)5)76(103)93-42-59-38-66(93)74(101)84-63(35-50-19-25-52-15-11-13-17-54(52)32-50)68(97)37-56(78(105)106)31-48-21-27-61(28-22-48)109-44-57-41-96(92-89-57)60-39-67(94(43-60)77(104)70(81(6,7)8)88-72(99)47(2)83-10)75(102)85-64(36-51-20-26-53-16-12-14-18-55(53)33-51)73(100)86-65(79(107)108)34-49-23-29-62(30-24-49)110-45-58-40-95(59)91-90-58;;;;;;;;;;;;/h11-30,32-33,40-41,46-47,56,59-60,63-67,69-70,82-83H,31,34-39,42-45H2,1-10H3,(H,84,101)(H,85,102)(H,86,100)(H,87,98)(H,88,99)(H,105,106)(H,107,108);12*1H2/t46-,47-,56+,59-,60-,63-,64-,65-,66-,67-,69+,70+;;;;;;;;;;;;/m0............/s1. The van der Waals surface area contributed by atoms with Gasteiger partial charge in [0.2, 0.25) is 41.4 Å². The number of likely N-dealkylation sites (tertiary alicyclic amines) is 2. The Balaban J connectivity index is 0. The zero-order chi connectivity index (χ0) is 78.9. The number of hydrogen-bond donors (Lipinski definition) is 9. The van der Waals surface area contributed by atoms with Crippen LogP contribution in [0.15, 0.2) is 146 Å². The number of amides is 7. The lowest BCUT2D eigenvalue weighted by Gasteiger charge is -2.36. The lowest BCUT2D eigenvalue weighted by atomic mass is 9.85. The fourth-order valence-corrected chi connectivity index (χ4v) is 14.1. The Bertz CT molecular complexity index is 4470. The van der Waals surface area contributed by atoms with Crippen LogP contribution >= 0.6 is 162 Å². The van der Waals surface area contributed by atoms with Crippen LogP contribution in [0.25, 0.3) is 21.5 Å². The number of ketones is 1. The van der Waals surface area contributed by atoms with Gasteiger partial charge >= 0.3 is 11.9 Å². The Morgan fingerprint density at radius 1 is 0.475 bits per heavy atom. The van der Waals surface area contributed by atoms with Crippen LogP contribution in [0.4, 0.5) is 0 Å². The topological polar surface area (TPSA) is 382 Å². The maximum Gasteiger partial charge on any atom is 0.326 e. The molecule has 0 unspecified atom stereocenters. The van der Waals surface area contributed by atoms with Crippen molar-refractivity contribution in [2.45, 2.75) is 180 Å². The molecular weight excluding hydrogens is 1790 g/mol. The van der Waals surface area contributed by atoms with Gasteiger partial charge in [-0.15, -0.1) is 10.2 Å². The summed E-state index contributed by atoms with van der Waals surface area (Å²) >= 11 is 0. The molecule has 12 bridgehead atoms. The fraction of sp³-hybridized carbons (Fsp3) is 0.432. The number of benzene rings is 6. The number of ether oxygens (including phenoxy) is 2. The predicted molar refractivity (Wildman–Crippen MR) is 531 cm³/mol. The van der Waals surface area contributed by atoms with Gasteiger partial charge in [-0.25, -0.2) is 14.2 Å². The van der Waals surface area contributed by atoms with Crippen LogP contribution in [0, 0.1) is 16.7 Å². The molecule has 14 rings (SSSR count). The summed E-state index contributed by atoms with van der Waals surface area (Å²) in [5.74, 6) is -8.03. The van der Waals surface area contributed by atoms with E-state index < -0.39 is 149 Å². The number of carboxylic acids is 2. The van der Waals surface area contributed by atoms with Gasteiger partial charge in [-0.05, 0) is 120 Å². The predicted octanol–water partition coefficient (Wildman–Crippen LogP) is 6.73. The molecule has 9 N–H and O–H groups in total. The number of aromatic nitrogens is 6. The number of Topliss-reactive ketones (excluding diaryl/α,β-unsaturated/α-hetero) is 1. The van der Waals surface area contributed by atoms with Crippen molar-refractivity contribution < 1.29 is 67.6 Å². The number of nitrogens with one attached hydrogen (secondary N) is 7. The van der Waals surface area contributed by atoms with E-state index in [0.717, 1.165) is 21.5 Å². The summed E-state index contributed by atoms with van der Waals surface area (Å²) in [5.41, 5.74) is 1.30. The van der Waals surface area contributed by atoms with Crippen LogP contribution < -0.4 is 46.7 Å². The number of carboxylic acid groups (broad SMARTS) is 2. The van der Waals surface area contributed by atoms with Crippen LogP contribution in [0.2, 0.25) is 0 Å². The van der Waals surface area contributed by atoms with Crippen molar-refractivity contribution in [3.63, 3.8) is 0 Å². The summed E-state index contributed by atoms with van der Waals surface area (Å²) in [5, 5.41) is 63.0. The number of carbonyl (C=O) groups excluding carboxylic acids is 8. The molecule has 7 amide bonds. The monoisotopic (exact) mass is 1910 g/mol. The normalized spacial score (nSPS) is 19.6. The Morgan fingerprint density at radius 2 is 0.852 bits per heavy atom. The Hall–Kier alpha value is -7.26. The summed E-state index contributed by atoms with van der Waals surface area (Å²) < 4.78 is 15.4. The first-order valence-corrected chi connectivity index (χ1v) is 37.1. The fourth-order valence-electron chi connectivity index (χ4n) is 14.1. The molecule has 2 saturated heterocycles. The third-order valence-corrected chi connectivity index (χ3v) is 20.8. The zero-order valence-electron chi connectivity index (χ0n) is 69.4. The Kier molecular flexibility index (Phi) is 49.8. The van der Waals surface area contributed by atoms with E-state index in [-0.39, 0.29) is 227 Å². The lowest BCUT2D eigenvalue weighted by molar-refractivity contribution is -0.145. The minimum Gasteiger partial charge on any atom is -0.487 e. The largest absolute Gasteiger partial charge is 0.487 e. The highest BCUT2D eigenvalue weighted by Gasteiger charge is 2.49. The zero-order valence-corrected chi connectivity index (χ0v) is 81.4. The van der Waals surface area contributed by atoms with Crippen LogP contribution in [-0.2, 0) is 86.8 Å². The van der Waals surface area contributed by atoms with Gasteiger partial charge in [-0.2, -0.15) is 162 Å². The van der Waals surface area contributed by atoms with Gasteiger partial charge in [-0.3, -0.25) is 43.2 Å². The number of carbonyl (C=O) groups is 10. The van der Waals surface area contributed by atoms with E-state index in [2.05, 4.69) is 57.8 Å². The average Bonchev–Trinajstić information content (AvgIpc) is 1.62. The molecular formula is C81H121N15O14S12. The maximum absolute atomic E-state index is 15.3. The quantitative estimate of drug-likeness (QED) is 0.0544. The molecule has 676 valence electrons. The van der Waals surface area contributed by atoms with E-state index in [1.165, 1.54) is 19.2 Å². The molecule has 6 aliphatic rings. The van der Waals surface area contributed by atoms with Crippen molar-refractivity contribution in [1.29, 1.82) is 0 Å². The summed E-state index contributed by atoms with van der Waals surface area (Å²) in [6.45, 7) is 13.6. The molecule has 6 aliphatic heterocycles. The minimum absolute atomic E-state index is 0. The summed E-state index contributed by atoms with van der Waals surface area (Å²) in [4.78, 5) is 147. The summed E-state index contributed by atoms with van der Waals surface area (Å²) in [6.07, 6.45) is 2.26. The molecule has 6 aromatic carbocycles. The van der Waals surface area contributed by atoms with Crippen LogP contribution in [0.1, 0.15) is 120 Å². The van der Waals surface area contributed by atoms with Gasteiger partial charge in [0.1, 0.15) is 72.4 Å². The minimum atomic E-state index is -1.51. The molecule has 12 atom stereocenters. The maximum atomic E-state index is 15.3. The molecule has 2 fully saturated rings. The van der Waals surface area contributed by atoms with Crippen molar-refractivity contribution in [2.75, 3.05) is 27.2 Å². The van der Waals surface area contributed by atoms with Gasteiger partial charge in [0, 0.05) is 45.2 Å². The van der Waals surface area contributed by atoms with Gasteiger partial charge in [0.25, 0.3) is 0 Å². The van der Waals surface area contributed by atoms with Crippen molar-refractivity contribution in [1.82, 2.24) is 77.0 Å². The van der Waals surface area contributed by atoms with Crippen LogP contribution in [0.5, 0.6) is 11.5 Å². The van der Waals surface area contributed by atoms with Crippen LogP contribution in [-0.4, -0.2) is 191 Å². The highest BCUT2D eigenvalue weighted by molar-refractivity contribution is 7.60. The molecule has 2 aromatic heterocycles. The molecule has 122 heavy (non-hydrogen) atoms. The molecule has 0 aliphatic carbocycles. The lowest BCUT2D eigenvalue weighted by Crippen LogP contribution is -2.60. The second-order valence-electron chi connectivity index (χ2n) is 31.1. The molecule has 8 heterocycles. The van der Waals surface area contributed by atoms with E-state index in [1.54, 1.807) is 130 Å². The Labute approximate surface area is 795 Å². The number of fused-ring (bicyclic) bond motifs is 2. The van der Waals surface area contributed by atoms with Gasteiger partial charge in [0.05, 0.1) is 48.5 Å². The molecule has 0 spiro atoms. The first kappa shape index (κ1) is 117. The highest BCUT2D eigenvalue weighted by atomic mass is 32.1. The first-order chi connectivity index (χ1) is 52.4. The van der Waals surface area contributed by atoms with Gasteiger partial charge < -0.3 is 66.7 Å². The second-order valence-corrected chi connectivity index (χ2v) is 31.1. The average molecular weight is 1910 g/mol. The van der Waals surface area contributed by atoms with E-state index in [0.29, 0.717) is 45.1 Å². The van der Waals surface area contributed by atoms with Crippen molar-refractivity contribution >= 4 is 243 Å². The molecule has 8 aromatic rings. The van der Waals surface area contributed by atoms with E-state index in [1.807, 2.05) is 84.9 Å². The number of nitrogens with zero attached hydrogens (tertiary/aromatic N) is 8. The smallest absolute Gasteiger partial charge is 0.326 e. The summed E-state index contributed by atoms with van der Waals surface area (Å²) in [7, 11) is 3.23. The molecule has 0 radical (unpaired) electrons. The number of likely N-dealkylation sites (N-methyl/N-ethyl adjacent to an activating group) is 2. The van der Waals surface area contributed by atoms with E-state index >= 15 is 24.0 Å². The number of aliphatic carboxylic acids is 2. The number of rotatable bonds is 14. The SMILES string of the molecule is CN[C@@H](C)C(=O)N[C@H](C(=O)N1C[C@@H]2C[C@H]1C(=O)N[C@@H](Cc1ccc3ccccc3c1)C(=O)C[C@H](C(=O)O)Cc1ccc(cc1)OCc1cn(nn1)[C@H]1C[C@@H](C(=O)N[C@@H](Cc3ccc4ccccc4c3)C(=O)N[C@H](C(=O)O)Cc3ccc(cc3)OCc3cn2nn3)N(C(=O)[C@@H](NC(=O)[C@H](C)NC)C(C)(C)C)C1)C(C)(C)C.S.S.S.S.S.S.S.S.S.S.S.S. The van der Waals surface area contributed by atoms with Gasteiger partial charge in [-0.1, -0.05) is 161 Å². The number of hydrogen-bond acceptors (Lipinski definition) is 18. The molecule has 0 saturated carbocycles. The van der Waals surface area contributed by atoms with Crippen molar-refractivity contribution in [2.24, 2.45) is 16.7 Å². The van der Waals surface area contributed by atoms with Crippen molar-refractivity contribution in [3.8, 4) is 11.5 Å². The Morgan fingerprint density at radius 3 is 1.23 bits per heavy atom.